The molecule has 0 amide bonds. The van der Waals surface area contributed by atoms with E-state index in [1.54, 1.807) is 0 Å². The molecule has 2 aromatic rings. The second kappa shape index (κ2) is 10.9. The van der Waals surface area contributed by atoms with Crippen molar-refractivity contribution in [3.05, 3.63) is 59.4 Å². The molecular weight excluding hydrogens is 336 g/mol. The van der Waals surface area contributed by atoms with Gasteiger partial charge in [-0.2, -0.15) is 0 Å². The third-order valence-corrected chi connectivity index (χ3v) is 4.82. The van der Waals surface area contributed by atoms with Crippen molar-refractivity contribution in [1.29, 1.82) is 0 Å². The number of benzene rings is 1. The number of hydrogen-bond acceptors (Lipinski definition) is 4. The predicted molar refractivity (Wildman–Crippen MR) is 114 cm³/mol. The van der Waals surface area contributed by atoms with Crippen LogP contribution in [0, 0.1) is 18.8 Å². The van der Waals surface area contributed by atoms with Gasteiger partial charge in [-0.15, -0.1) is 0 Å². The second-order valence-corrected chi connectivity index (χ2v) is 7.34. The van der Waals surface area contributed by atoms with E-state index in [4.69, 9.17) is 4.74 Å². The summed E-state index contributed by atoms with van der Waals surface area (Å²) in [6, 6.07) is 12.6. The van der Waals surface area contributed by atoms with Gasteiger partial charge >= 0.3 is 0 Å². The van der Waals surface area contributed by atoms with Gasteiger partial charge in [-0.25, -0.2) is 0 Å². The first-order valence-electron chi connectivity index (χ1n) is 9.60. The van der Waals surface area contributed by atoms with Gasteiger partial charge in [0.05, 0.1) is 13.2 Å². The zero-order valence-corrected chi connectivity index (χ0v) is 16.9. The van der Waals surface area contributed by atoms with Gasteiger partial charge in [0.25, 0.3) is 0 Å². The second-order valence-electron chi connectivity index (χ2n) is 7.34. The van der Waals surface area contributed by atoms with Gasteiger partial charge in [-0.3, -0.25) is 4.98 Å². The van der Waals surface area contributed by atoms with Crippen molar-refractivity contribution in [2.75, 3.05) is 38.3 Å². The molecule has 146 valence electrons. The monoisotopic (exact) mass is 368 g/mol. The van der Waals surface area contributed by atoms with Crippen LogP contribution in [0.25, 0.3) is 12.2 Å². The number of ether oxygens (including phenoxy) is 1. The molecule has 0 fully saturated rings. The molecule has 1 unspecified atom stereocenters. The first-order chi connectivity index (χ1) is 13.0. The van der Waals surface area contributed by atoms with E-state index in [1.807, 2.05) is 19.2 Å². The van der Waals surface area contributed by atoms with Crippen LogP contribution >= 0.6 is 0 Å². The highest BCUT2D eigenvalue weighted by Crippen LogP contribution is 2.16. The number of hydrogen-bond donors (Lipinski definition) is 1. The van der Waals surface area contributed by atoms with Crippen molar-refractivity contribution < 1.29 is 9.84 Å². The van der Waals surface area contributed by atoms with Crippen molar-refractivity contribution in [3.8, 4) is 0 Å². The summed E-state index contributed by atoms with van der Waals surface area (Å²) in [5, 5.41) is 9.34. The van der Waals surface area contributed by atoms with Gasteiger partial charge in [-0.05, 0) is 42.2 Å². The average Bonchev–Trinajstić information content (AvgIpc) is 2.67. The fourth-order valence-corrected chi connectivity index (χ4v) is 2.63. The third kappa shape index (κ3) is 7.16. The smallest absolute Gasteiger partial charge is 0.0641 e. The molecule has 0 aliphatic heterocycles. The van der Waals surface area contributed by atoms with E-state index in [2.05, 4.69) is 73.3 Å². The van der Waals surface area contributed by atoms with Crippen LogP contribution in [0.5, 0.6) is 0 Å². The Hall–Kier alpha value is -2.17. The summed E-state index contributed by atoms with van der Waals surface area (Å²) >= 11 is 0. The lowest BCUT2D eigenvalue weighted by molar-refractivity contribution is 0.0574. The Morgan fingerprint density at radius 3 is 2.33 bits per heavy atom. The van der Waals surface area contributed by atoms with Crippen molar-refractivity contribution in [2.45, 2.75) is 20.8 Å². The lowest BCUT2D eigenvalue weighted by Crippen LogP contribution is -2.25. The van der Waals surface area contributed by atoms with E-state index in [0.717, 1.165) is 29.1 Å². The van der Waals surface area contributed by atoms with E-state index in [-0.39, 0.29) is 12.5 Å². The molecule has 4 nitrogen and oxygen atoms in total. The largest absolute Gasteiger partial charge is 0.396 e. The van der Waals surface area contributed by atoms with E-state index in [9.17, 15) is 5.11 Å². The lowest BCUT2D eigenvalue weighted by atomic mass is 9.98. The Morgan fingerprint density at radius 2 is 1.74 bits per heavy atom. The van der Waals surface area contributed by atoms with Gasteiger partial charge in [0.2, 0.25) is 0 Å². The number of aliphatic hydroxyl groups excluding tert-OH is 1. The van der Waals surface area contributed by atoms with Gasteiger partial charge in [0.1, 0.15) is 0 Å². The zero-order valence-electron chi connectivity index (χ0n) is 16.9. The summed E-state index contributed by atoms with van der Waals surface area (Å²) in [5.74, 6) is 0.647. The molecule has 0 aliphatic carbocycles. The number of pyridine rings is 1. The molecule has 0 saturated carbocycles. The molecule has 27 heavy (non-hydrogen) atoms. The Bertz CT molecular complexity index is 693. The average molecular weight is 369 g/mol. The maximum atomic E-state index is 9.34. The fraction of sp³-hybridized carbons (Fsp3) is 0.435. The van der Waals surface area contributed by atoms with Crippen LogP contribution < -0.4 is 4.90 Å². The van der Waals surface area contributed by atoms with Gasteiger partial charge in [0, 0.05) is 43.7 Å². The molecule has 2 rings (SSSR count). The minimum atomic E-state index is 0.182. The summed E-state index contributed by atoms with van der Waals surface area (Å²) in [6.45, 7) is 8.48. The fourth-order valence-electron chi connectivity index (χ4n) is 2.63. The lowest BCUT2D eigenvalue weighted by Gasteiger charge is -2.22. The van der Waals surface area contributed by atoms with Crippen LogP contribution in [0.4, 0.5) is 5.69 Å². The Kier molecular flexibility index (Phi) is 8.49. The maximum Gasteiger partial charge on any atom is 0.0641 e. The molecule has 1 aromatic carbocycles. The number of anilines is 1. The SMILES string of the molecule is Cc1ccc(/C=C/c2ccc(N(C)CCOCC(CO)C(C)C)cc2)cn1. The van der Waals surface area contributed by atoms with Crippen LogP contribution in [-0.4, -0.2) is 43.5 Å². The minimum absolute atomic E-state index is 0.182. The number of likely N-dealkylation sites (N-methyl/N-ethyl adjacent to an activating group) is 1. The molecule has 4 heteroatoms. The molecule has 0 aliphatic rings. The maximum absolute atomic E-state index is 9.34. The van der Waals surface area contributed by atoms with Gasteiger partial charge in [0.15, 0.2) is 0 Å². The number of nitrogens with zero attached hydrogens (tertiary/aromatic N) is 2. The first kappa shape index (κ1) is 21.1. The quantitative estimate of drug-likeness (QED) is 0.636. The molecule has 1 heterocycles. The molecule has 1 atom stereocenters. The number of rotatable bonds is 10. The van der Waals surface area contributed by atoms with Gasteiger partial charge < -0.3 is 14.7 Å². The molecule has 1 aromatic heterocycles. The summed E-state index contributed by atoms with van der Waals surface area (Å²) < 4.78 is 5.74. The van der Waals surface area contributed by atoms with Crippen molar-refractivity contribution in [1.82, 2.24) is 4.98 Å². The molecule has 0 radical (unpaired) electrons. The normalized spacial score (nSPS) is 12.7. The van der Waals surface area contributed by atoms with Crippen molar-refractivity contribution in [2.24, 2.45) is 11.8 Å². The van der Waals surface area contributed by atoms with Crippen molar-refractivity contribution >= 4 is 17.8 Å². The van der Waals surface area contributed by atoms with E-state index >= 15 is 0 Å². The highest BCUT2D eigenvalue weighted by molar-refractivity contribution is 5.70. The zero-order chi connectivity index (χ0) is 19.6. The standard InChI is InChI=1S/C23H32N2O2/c1-18(2)22(16-26)17-27-14-13-25(4)23-11-9-20(10-12-23)7-8-21-6-5-19(3)24-15-21/h5-12,15,18,22,26H,13-14,16-17H2,1-4H3/b8-7+. The summed E-state index contributed by atoms with van der Waals surface area (Å²) in [5.41, 5.74) is 4.45. The molecule has 0 bridgehead atoms. The van der Waals surface area contributed by atoms with E-state index < -0.39 is 0 Å². The number of aromatic nitrogens is 1. The Labute approximate surface area is 163 Å². The van der Waals surface area contributed by atoms with E-state index in [1.165, 1.54) is 0 Å². The highest BCUT2D eigenvalue weighted by Gasteiger charge is 2.12. The Morgan fingerprint density at radius 1 is 1.07 bits per heavy atom. The summed E-state index contributed by atoms with van der Waals surface area (Å²) in [7, 11) is 2.07. The molecule has 0 spiro atoms. The number of aryl methyl sites for hydroxylation is 1. The third-order valence-electron chi connectivity index (χ3n) is 4.82. The molecular formula is C23H32N2O2. The summed E-state index contributed by atoms with van der Waals surface area (Å²) in [6.07, 6.45) is 6.06. The Balaban J connectivity index is 1.80. The molecule has 0 saturated heterocycles. The predicted octanol–water partition coefficient (Wildman–Crippen LogP) is 4.28. The first-order valence-corrected chi connectivity index (χ1v) is 9.60. The highest BCUT2D eigenvalue weighted by atomic mass is 16.5. The van der Waals surface area contributed by atoms with Gasteiger partial charge in [-0.1, -0.05) is 44.2 Å². The van der Waals surface area contributed by atoms with Crippen LogP contribution in [-0.2, 0) is 4.74 Å². The van der Waals surface area contributed by atoms with Crippen LogP contribution in [0.1, 0.15) is 30.7 Å². The topological polar surface area (TPSA) is 45.6 Å². The van der Waals surface area contributed by atoms with Crippen LogP contribution in [0.15, 0.2) is 42.6 Å². The van der Waals surface area contributed by atoms with E-state index in [0.29, 0.717) is 19.1 Å². The summed E-state index contributed by atoms with van der Waals surface area (Å²) in [4.78, 5) is 6.49. The van der Waals surface area contributed by atoms with Crippen LogP contribution in [0.3, 0.4) is 0 Å². The molecule has 1 N–H and O–H groups in total. The minimum Gasteiger partial charge on any atom is -0.396 e. The van der Waals surface area contributed by atoms with Crippen molar-refractivity contribution in [3.63, 3.8) is 0 Å². The number of aliphatic hydroxyl groups is 1. The van der Waals surface area contributed by atoms with Crippen LogP contribution in [0.2, 0.25) is 0 Å².